The fraction of sp³-hybridized carbons (Fsp3) is 0.250. The van der Waals surface area contributed by atoms with Crippen LogP contribution in [0.5, 0.6) is 0 Å². The van der Waals surface area contributed by atoms with Crippen molar-refractivity contribution in [1.29, 1.82) is 0 Å². The first kappa shape index (κ1) is 21.0. The third-order valence-electron chi connectivity index (χ3n) is 3.41. The molecule has 1 atom stereocenters. The Balaban J connectivity index is 0.00000312. The van der Waals surface area contributed by atoms with E-state index in [1.165, 1.54) is 24.3 Å². The number of sulfonamides is 1. The predicted octanol–water partition coefficient (Wildman–Crippen LogP) is 3.81. The predicted molar refractivity (Wildman–Crippen MR) is 98.7 cm³/mol. The van der Waals surface area contributed by atoms with E-state index in [4.69, 9.17) is 5.73 Å². The molecule has 0 unspecified atom stereocenters. The number of benzene rings is 2. The van der Waals surface area contributed by atoms with Gasteiger partial charge in [-0.05, 0) is 37.3 Å². The van der Waals surface area contributed by atoms with Crippen LogP contribution in [0, 0.1) is 5.82 Å². The number of hydrogen-bond donors (Lipinski definition) is 1. The molecule has 2 rings (SSSR count). The third-order valence-corrected chi connectivity index (χ3v) is 4.57. The maximum atomic E-state index is 14.2. The summed E-state index contributed by atoms with van der Waals surface area (Å²) < 4.78 is 41.9. The van der Waals surface area contributed by atoms with Gasteiger partial charge in [0.15, 0.2) is 5.82 Å². The average Bonchev–Trinajstić information content (AvgIpc) is 2.53. The molecule has 0 spiro atoms. The Morgan fingerprint density at radius 2 is 1.72 bits per heavy atom. The van der Waals surface area contributed by atoms with Crippen molar-refractivity contribution in [2.45, 2.75) is 17.9 Å². The van der Waals surface area contributed by atoms with Crippen LogP contribution in [-0.4, -0.2) is 22.5 Å². The zero-order valence-corrected chi connectivity index (χ0v) is 15.7. The third kappa shape index (κ3) is 4.97. The van der Waals surface area contributed by atoms with Crippen LogP contribution in [0.4, 0.5) is 15.8 Å². The molecule has 2 aromatic carbocycles. The first-order valence-corrected chi connectivity index (χ1v) is 8.66. The standard InChI is InChI=1S/C16H19FN4O2S.ClH/c1-11(18)14-5-4-6-15(16(14)17)19-20-24(22,23)13-9-7-12(8-10-13)21(2)3;/h4-11H,18H2,1-3H3;1H/t11-;/m1./s1. The monoisotopic (exact) mass is 386 g/mol. The van der Waals surface area contributed by atoms with Gasteiger partial charge >= 0.3 is 0 Å². The Morgan fingerprint density at radius 1 is 1.12 bits per heavy atom. The summed E-state index contributed by atoms with van der Waals surface area (Å²) in [5, 5.41) is 3.55. The summed E-state index contributed by atoms with van der Waals surface area (Å²) in [7, 11) is -0.320. The molecule has 25 heavy (non-hydrogen) atoms. The lowest BCUT2D eigenvalue weighted by Crippen LogP contribution is -2.08. The largest absolute Gasteiger partial charge is 0.378 e. The second kappa shape index (κ2) is 8.37. The minimum absolute atomic E-state index is 0. The summed E-state index contributed by atoms with van der Waals surface area (Å²) in [6, 6.07) is 10.0. The number of hydrogen-bond acceptors (Lipinski definition) is 5. The Hall–Kier alpha value is -2.03. The van der Waals surface area contributed by atoms with Crippen LogP contribution >= 0.6 is 12.4 Å². The molecule has 0 amide bonds. The number of halogens is 2. The summed E-state index contributed by atoms with van der Waals surface area (Å²) in [5.74, 6) is -0.672. The summed E-state index contributed by atoms with van der Waals surface area (Å²) in [6.07, 6.45) is 0. The number of rotatable bonds is 5. The average molecular weight is 387 g/mol. The molecule has 0 aromatic heterocycles. The Morgan fingerprint density at radius 3 is 2.24 bits per heavy atom. The summed E-state index contributed by atoms with van der Waals surface area (Å²) in [6.45, 7) is 1.63. The molecule has 2 N–H and O–H groups in total. The fourth-order valence-electron chi connectivity index (χ4n) is 2.03. The SMILES string of the molecule is C[C@@H](N)c1cccc(N=NS(=O)(=O)c2ccc(N(C)C)cc2)c1F.Cl. The van der Waals surface area contributed by atoms with Crippen LogP contribution in [0.25, 0.3) is 0 Å². The van der Waals surface area contributed by atoms with Crippen molar-refractivity contribution in [2.24, 2.45) is 15.4 Å². The van der Waals surface area contributed by atoms with Gasteiger partial charge in [-0.2, -0.15) is 8.42 Å². The highest BCUT2D eigenvalue weighted by atomic mass is 35.5. The number of nitrogens with zero attached hydrogens (tertiary/aromatic N) is 3. The van der Waals surface area contributed by atoms with E-state index >= 15 is 0 Å². The Bertz CT molecular complexity index is 853. The molecule has 0 fully saturated rings. The van der Waals surface area contributed by atoms with Gasteiger partial charge in [0.05, 0.1) is 4.90 Å². The minimum atomic E-state index is -4.01. The van der Waals surface area contributed by atoms with Gasteiger partial charge in [0, 0.05) is 31.4 Å². The zero-order chi connectivity index (χ0) is 17.9. The molecule has 0 aliphatic carbocycles. The molecule has 2 aromatic rings. The van der Waals surface area contributed by atoms with E-state index in [1.807, 2.05) is 19.0 Å². The van der Waals surface area contributed by atoms with Crippen LogP contribution in [0.1, 0.15) is 18.5 Å². The molecule has 0 aliphatic rings. The molecule has 0 heterocycles. The van der Waals surface area contributed by atoms with E-state index in [0.717, 1.165) is 5.69 Å². The second-order valence-corrected chi connectivity index (χ2v) is 7.10. The van der Waals surface area contributed by atoms with E-state index in [-0.39, 0.29) is 28.6 Å². The molecule has 9 heteroatoms. The van der Waals surface area contributed by atoms with Gasteiger partial charge in [-0.1, -0.05) is 16.7 Å². The van der Waals surface area contributed by atoms with Crippen molar-refractivity contribution < 1.29 is 12.8 Å². The van der Waals surface area contributed by atoms with Crippen LogP contribution in [0.2, 0.25) is 0 Å². The van der Waals surface area contributed by atoms with Gasteiger partial charge < -0.3 is 10.6 Å². The quantitative estimate of drug-likeness (QED) is 0.791. The van der Waals surface area contributed by atoms with Gasteiger partial charge in [0.1, 0.15) is 5.69 Å². The molecule has 0 saturated heterocycles. The number of nitrogens with two attached hydrogens (primary N) is 1. The molecule has 6 nitrogen and oxygen atoms in total. The summed E-state index contributed by atoms with van der Waals surface area (Å²) in [4.78, 5) is 1.83. The molecular formula is C16H20ClFN4O2S. The highest BCUT2D eigenvalue weighted by molar-refractivity contribution is 7.90. The van der Waals surface area contributed by atoms with E-state index in [1.54, 1.807) is 25.1 Å². The fourth-order valence-corrected chi connectivity index (χ4v) is 2.80. The Kier molecular flexibility index (Phi) is 7.04. The zero-order valence-electron chi connectivity index (χ0n) is 14.0. The van der Waals surface area contributed by atoms with Crippen molar-refractivity contribution in [2.75, 3.05) is 19.0 Å². The van der Waals surface area contributed by atoms with Crippen molar-refractivity contribution >= 4 is 33.8 Å². The molecule has 136 valence electrons. The van der Waals surface area contributed by atoms with Gasteiger partial charge in [-0.15, -0.1) is 17.5 Å². The second-order valence-electron chi connectivity index (χ2n) is 5.51. The lowest BCUT2D eigenvalue weighted by molar-refractivity contribution is 0.590. The van der Waals surface area contributed by atoms with Gasteiger partial charge in [0.2, 0.25) is 0 Å². The van der Waals surface area contributed by atoms with E-state index < -0.39 is 21.9 Å². The van der Waals surface area contributed by atoms with Crippen molar-refractivity contribution in [3.05, 3.63) is 53.8 Å². The van der Waals surface area contributed by atoms with E-state index in [0.29, 0.717) is 0 Å². The van der Waals surface area contributed by atoms with Crippen LogP contribution in [-0.2, 0) is 10.0 Å². The highest BCUT2D eigenvalue weighted by Crippen LogP contribution is 2.26. The van der Waals surface area contributed by atoms with Crippen LogP contribution in [0.3, 0.4) is 0 Å². The maximum absolute atomic E-state index is 14.2. The molecular weight excluding hydrogens is 367 g/mol. The van der Waals surface area contributed by atoms with Crippen molar-refractivity contribution in [1.82, 2.24) is 0 Å². The van der Waals surface area contributed by atoms with Gasteiger partial charge in [-0.25, -0.2) is 4.39 Å². The van der Waals surface area contributed by atoms with Crippen LogP contribution in [0.15, 0.2) is 57.0 Å². The lowest BCUT2D eigenvalue weighted by atomic mass is 10.1. The molecule has 0 saturated carbocycles. The van der Waals surface area contributed by atoms with Crippen LogP contribution < -0.4 is 10.6 Å². The Labute approximate surface area is 153 Å². The van der Waals surface area contributed by atoms with Crippen molar-refractivity contribution in [3.8, 4) is 0 Å². The maximum Gasteiger partial charge on any atom is 0.299 e. The van der Waals surface area contributed by atoms with Crippen molar-refractivity contribution in [3.63, 3.8) is 0 Å². The highest BCUT2D eigenvalue weighted by Gasteiger charge is 2.15. The number of anilines is 1. The topological polar surface area (TPSA) is 88.1 Å². The smallest absolute Gasteiger partial charge is 0.299 e. The normalized spacial score (nSPS) is 12.7. The molecule has 0 radical (unpaired) electrons. The van der Waals surface area contributed by atoms with E-state index in [2.05, 4.69) is 9.63 Å². The molecule has 0 bridgehead atoms. The lowest BCUT2D eigenvalue weighted by Gasteiger charge is -2.11. The van der Waals surface area contributed by atoms with E-state index in [9.17, 15) is 12.8 Å². The first-order valence-electron chi connectivity index (χ1n) is 7.22. The first-order chi connectivity index (χ1) is 11.2. The van der Waals surface area contributed by atoms with Gasteiger partial charge in [0.25, 0.3) is 10.0 Å². The molecule has 0 aliphatic heterocycles. The summed E-state index contributed by atoms with van der Waals surface area (Å²) in [5.41, 5.74) is 6.59. The summed E-state index contributed by atoms with van der Waals surface area (Å²) >= 11 is 0. The van der Waals surface area contributed by atoms with Gasteiger partial charge in [-0.3, -0.25) is 0 Å². The minimum Gasteiger partial charge on any atom is -0.378 e.